The number of nitro groups is 1. The number of aryl methyl sites for hydroxylation is 1. The van der Waals surface area contributed by atoms with E-state index in [-0.39, 0.29) is 5.69 Å². The fraction of sp³-hybridized carbons (Fsp3) is 0.0625. The van der Waals surface area contributed by atoms with Gasteiger partial charge in [-0.05, 0) is 25.1 Å². The van der Waals surface area contributed by atoms with Crippen LogP contribution < -0.4 is 5.32 Å². The molecule has 0 saturated carbocycles. The van der Waals surface area contributed by atoms with Crippen molar-refractivity contribution in [1.29, 1.82) is 0 Å². The van der Waals surface area contributed by atoms with Crippen molar-refractivity contribution < 1.29 is 4.92 Å². The fourth-order valence-electron chi connectivity index (χ4n) is 2.15. The van der Waals surface area contributed by atoms with Gasteiger partial charge in [-0.1, -0.05) is 34.1 Å². The SMILES string of the molecule is Cc1sc(Nc2cccc([N+](=O)[O-])c2)nc1-c1ccc(Br)cc1. The van der Waals surface area contributed by atoms with E-state index in [0.717, 1.165) is 20.6 Å². The standard InChI is InChI=1S/C16H12BrN3O2S/c1-10-15(11-5-7-12(17)8-6-11)19-16(23-10)18-13-3-2-4-14(9-13)20(21)22/h2-9H,1H3,(H,18,19). The van der Waals surface area contributed by atoms with Gasteiger partial charge in [0.2, 0.25) is 0 Å². The predicted octanol–water partition coefficient (Wildman–Crippen LogP) is 5.53. The normalized spacial score (nSPS) is 10.5. The largest absolute Gasteiger partial charge is 0.331 e. The van der Waals surface area contributed by atoms with E-state index in [2.05, 4.69) is 26.2 Å². The van der Waals surface area contributed by atoms with Crippen molar-refractivity contribution in [3.8, 4) is 11.3 Å². The zero-order chi connectivity index (χ0) is 16.4. The number of nitrogens with zero attached hydrogens (tertiary/aromatic N) is 2. The molecule has 23 heavy (non-hydrogen) atoms. The first-order valence-corrected chi connectivity index (χ1v) is 8.39. The highest BCUT2D eigenvalue weighted by molar-refractivity contribution is 9.10. The second-order valence-electron chi connectivity index (χ2n) is 4.86. The number of non-ortho nitro benzene ring substituents is 1. The van der Waals surface area contributed by atoms with Gasteiger partial charge in [-0.15, -0.1) is 11.3 Å². The third-order valence-corrected chi connectivity index (χ3v) is 4.64. The molecule has 0 spiro atoms. The minimum atomic E-state index is -0.411. The molecule has 7 heteroatoms. The topological polar surface area (TPSA) is 68.1 Å². The molecule has 0 fully saturated rings. The van der Waals surface area contributed by atoms with E-state index in [1.165, 1.54) is 23.5 Å². The highest BCUT2D eigenvalue weighted by Gasteiger charge is 2.11. The summed E-state index contributed by atoms with van der Waals surface area (Å²) in [6, 6.07) is 14.3. The van der Waals surface area contributed by atoms with Crippen LogP contribution in [0.15, 0.2) is 53.0 Å². The quantitative estimate of drug-likeness (QED) is 0.470. The predicted molar refractivity (Wildman–Crippen MR) is 96.4 cm³/mol. The summed E-state index contributed by atoms with van der Waals surface area (Å²) in [5.74, 6) is 0. The summed E-state index contributed by atoms with van der Waals surface area (Å²) < 4.78 is 1.02. The van der Waals surface area contributed by atoms with E-state index in [1.807, 2.05) is 31.2 Å². The van der Waals surface area contributed by atoms with Crippen molar-refractivity contribution in [2.45, 2.75) is 6.92 Å². The smallest absolute Gasteiger partial charge is 0.271 e. The minimum Gasteiger partial charge on any atom is -0.331 e. The first-order chi connectivity index (χ1) is 11.0. The Morgan fingerprint density at radius 3 is 2.65 bits per heavy atom. The Labute approximate surface area is 145 Å². The second-order valence-corrected chi connectivity index (χ2v) is 6.98. The third-order valence-electron chi connectivity index (χ3n) is 3.22. The van der Waals surface area contributed by atoms with Crippen molar-refractivity contribution >= 4 is 43.8 Å². The molecular weight excluding hydrogens is 378 g/mol. The lowest BCUT2D eigenvalue weighted by Crippen LogP contribution is -1.92. The van der Waals surface area contributed by atoms with Crippen LogP contribution >= 0.6 is 27.3 Å². The lowest BCUT2D eigenvalue weighted by molar-refractivity contribution is -0.384. The lowest BCUT2D eigenvalue weighted by Gasteiger charge is -2.02. The second kappa shape index (κ2) is 6.47. The number of hydrogen-bond acceptors (Lipinski definition) is 5. The molecule has 0 aliphatic heterocycles. The van der Waals surface area contributed by atoms with Gasteiger partial charge in [-0.2, -0.15) is 0 Å². The van der Waals surface area contributed by atoms with Crippen molar-refractivity contribution in [3.05, 3.63) is 68.0 Å². The van der Waals surface area contributed by atoms with Crippen LogP contribution in [-0.4, -0.2) is 9.91 Å². The van der Waals surface area contributed by atoms with E-state index in [0.29, 0.717) is 10.8 Å². The Balaban J connectivity index is 1.88. The fourth-order valence-corrected chi connectivity index (χ4v) is 3.27. The van der Waals surface area contributed by atoms with Crippen LogP contribution in [0.1, 0.15) is 4.88 Å². The summed E-state index contributed by atoms with van der Waals surface area (Å²) in [4.78, 5) is 16.1. The Kier molecular flexibility index (Phi) is 4.40. The number of thiazole rings is 1. The number of aromatic nitrogens is 1. The summed E-state index contributed by atoms with van der Waals surface area (Å²) in [5, 5.41) is 14.7. The van der Waals surface area contributed by atoms with E-state index >= 15 is 0 Å². The maximum Gasteiger partial charge on any atom is 0.271 e. The van der Waals surface area contributed by atoms with E-state index in [1.54, 1.807) is 12.1 Å². The van der Waals surface area contributed by atoms with Gasteiger partial charge in [-0.3, -0.25) is 10.1 Å². The van der Waals surface area contributed by atoms with Gasteiger partial charge in [0, 0.05) is 32.7 Å². The highest BCUT2D eigenvalue weighted by atomic mass is 79.9. The molecule has 0 saturated heterocycles. The van der Waals surface area contributed by atoms with Gasteiger partial charge in [-0.25, -0.2) is 4.98 Å². The van der Waals surface area contributed by atoms with Crippen LogP contribution in [0.4, 0.5) is 16.5 Å². The average Bonchev–Trinajstić information content (AvgIpc) is 2.89. The van der Waals surface area contributed by atoms with Gasteiger partial charge in [0.1, 0.15) is 0 Å². The Morgan fingerprint density at radius 1 is 1.22 bits per heavy atom. The summed E-state index contributed by atoms with van der Waals surface area (Å²) in [5.41, 5.74) is 2.65. The van der Waals surface area contributed by atoms with Crippen molar-refractivity contribution in [3.63, 3.8) is 0 Å². The molecule has 0 unspecified atom stereocenters. The molecule has 1 N–H and O–H groups in total. The van der Waals surface area contributed by atoms with Gasteiger partial charge in [0.25, 0.3) is 5.69 Å². The number of nitro benzene ring substituents is 1. The third kappa shape index (κ3) is 3.57. The van der Waals surface area contributed by atoms with Crippen molar-refractivity contribution in [2.75, 3.05) is 5.32 Å². The van der Waals surface area contributed by atoms with Crippen LogP contribution in [0.25, 0.3) is 11.3 Å². The number of anilines is 2. The molecule has 0 radical (unpaired) electrons. The lowest BCUT2D eigenvalue weighted by atomic mass is 10.1. The molecule has 116 valence electrons. The summed E-state index contributed by atoms with van der Waals surface area (Å²) in [6.45, 7) is 2.01. The van der Waals surface area contributed by atoms with Crippen molar-refractivity contribution in [2.24, 2.45) is 0 Å². The summed E-state index contributed by atoms with van der Waals surface area (Å²) in [7, 11) is 0. The van der Waals surface area contributed by atoms with Gasteiger partial charge < -0.3 is 5.32 Å². The van der Waals surface area contributed by atoms with Gasteiger partial charge in [0.15, 0.2) is 5.13 Å². The van der Waals surface area contributed by atoms with Crippen molar-refractivity contribution in [1.82, 2.24) is 4.98 Å². The van der Waals surface area contributed by atoms with Gasteiger partial charge >= 0.3 is 0 Å². The summed E-state index contributed by atoms with van der Waals surface area (Å²) >= 11 is 4.94. The number of halogens is 1. The van der Waals surface area contributed by atoms with Crippen LogP contribution in [0.2, 0.25) is 0 Å². The minimum absolute atomic E-state index is 0.0522. The number of hydrogen-bond donors (Lipinski definition) is 1. The first kappa shape index (κ1) is 15.6. The average molecular weight is 390 g/mol. The molecule has 0 aliphatic rings. The maximum atomic E-state index is 10.8. The van der Waals surface area contributed by atoms with E-state index < -0.39 is 4.92 Å². The number of nitrogens with one attached hydrogen (secondary N) is 1. The molecule has 5 nitrogen and oxygen atoms in total. The van der Waals surface area contributed by atoms with E-state index in [9.17, 15) is 10.1 Å². The molecule has 3 aromatic rings. The first-order valence-electron chi connectivity index (χ1n) is 6.78. The Hall–Kier alpha value is -2.25. The highest BCUT2D eigenvalue weighted by Crippen LogP contribution is 2.33. The maximum absolute atomic E-state index is 10.8. The molecule has 1 heterocycles. The molecule has 3 rings (SSSR count). The van der Waals surface area contributed by atoms with Crippen LogP contribution in [0, 0.1) is 17.0 Å². The molecule has 0 aliphatic carbocycles. The Bertz CT molecular complexity index is 862. The molecule has 0 amide bonds. The molecule has 1 aromatic heterocycles. The van der Waals surface area contributed by atoms with Crippen LogP contribution in [0.5, 0.6) is 0 Å². The van der Waals surface area contributed by atoms with Crippen LogP contribution in [0.3, 0.4) is 0 Å². The number of benzene rings is 2. The molecule has 0 atom stereocenters. The van der Waals surface area contributed by atoms with Crippen LogP contribution in [-0.2, 0) is 0 Å². The monoisotopic (exact) mass is 389 g/mol. The molecule has 2 aromatic carbocycles. The summed E-state index contributed by atoms with van der Waals surface area (Å²) in [6.07, 6.45) is 0. The van der Waals surface area contributed by atoms with E-state index in [4.69, 9.17) is 0 Å². The zero-order valence-corrected chi connectivity index (χ0v) is 14.5. The molecule has 0 bridgehead atoms. The molecular formula is C16H12BrN3O2S. The Morgan fingerprint density at radius 2 is 1.96 bits per heavy atom. The zero-order valence-electron chi connectivity index (χ0n) is 12.1. The van der Waals surface area contributed by atoms with Gasteiger partial charge in [0.05, 0.1) is 10.6 Å². The number of rotatable bonds is 4.